The van der Waals surface area contributed by atoms with Crippen LogP contribution in [0.15, 0.2) is 78.2 Å². The van der Waals surface area contributed by atoms with Gasteiger partial charge in [0.25, 0.3) is 5.70 Å². The fourth-order valence-corrected chi connectivity index (χ4v) is 4.22. The van der Waals surface area contributed by atoms with Crippen LogP contribution in [0.3, 0.4) is 0 Å². The number of nitrogens with zero attached hydrogens (tertiary/aromatic N) is 5. The molecule has 5 nitrogen and oxygen atoms in total. The average molecular weight is 458 g/mol. The number of anilines is 1. The topological polar surface area (TPSA) is 40.1 Å². The van der Waals surface area contributed by atoms with E-state index in [0.717, 1.165) is 16.1 Å². The summed E-state index contributed by atoms with van der Waals surface area (Å²) in [4.78, 5) is 13.9. The largest absolute Gasteiger partial charge is 0.527 e. The molecule has 0 atom stereocenters. The highest BCUT2D eigenvalue weighted by atomic mass is 32.1. The molecule has 3 rings (SSSR count). The van der Waals surface area contributed by atoms with Crippen molar-refractivity contribution >= 4 is 40.3 Å². The lowest BCUT2D eigenvalue weighted by molar-refractivity contribution is 1.13. The molecule has 1 heterocycles. The smallest absolute Gasteiger partial charge is 0.378 e. The normalized spacial score (nSPS) is 10.9. The fourth-order valence-electron chi connectivity index (χ4n) is 3.26. The van der Waals surface area contributed by atoms with E-state index in [9.17, 15) is 5.26 Å². The molecular formula is C28H19N5S. The summed E-state index contributed by atoms with van der Waals surface area (Å²) in [6.07, 6.45) is 3.97. The summed E-state index contributed by atoms with van der Waals surface area (Å²) in [7, 11) is 3.99. The van der Waals surface area contributed by atoms with Crippen LogP contribution in [-0.2, 0) is 0 Å². The van der Waals surface area contributed by atoms with Crippen molar-refractivity contribution in [2.45, 2.75) is 0 Å². The number of benzene rings is 2. The maximum absolute atomic E-state index is 9.64. The molecule has 34 heavy (non-hydrogen) atoms. The van der Waals surface area contributed by atoms with Gasteiger partial charge in [0.1, 0.15) is 13.1 Å². The molecule has 0 unspecified atom stereocenters. The van der Waals surface area contributed by atoms with E-state index < -0.39 is 0 Å². The zero-order valence-electron chi connectivity index (χ0n) is 18.6. The van der Waals surface area contributed by atoms with Crippen molar-refractivity contribution in [2.75, 3.05) is 19.0 Å². The van der Waals surface area contributed by atoms with Crippen molar-refractivity contribution in [3.8, 4) is 6.07 Å². The molecular weight excluding hydrogens is 438 g/mol. The lowest BCUT2D eigenvalue weighted by Crippen LogP contribution is -2.07. The number of nitriles is 1. The van der Waals surface area contributed by atoms with E-state index >= 15 is 0 Å². The summed E-state index contributed by atoms with van der Waals surface area (Å²) < 4.78 is 0. The average Bonchev–Trinajstić information content (AvgIpc) is 3.34. The van der Waals surface area contributed by atoms with Crippen LogP contribution in [0, 0.1) is 31.0 Å². The molecule has 0 radical (unpaired) electrons. The van der Waals surface area contributed by atoms with E-state index in [1.807, 2.05) is 79.7 Å². The third kappa shape index (κ3) is 5.29. The lowest BCUT2D eigenvalue weighted by atomic mass is 9.94. The Kier molecular flexibility index (Phi) is 7.78. The third-order valence-electron chi connectivity index (χ3n) is 4.93. The van der Waals surface area contributed by atoms with Gasteiger partial charge < -0.3 is 4.90 Å². The fraction of sp³-hybridized carbons (Fsp3) is 0.0714. The van der Waals surface area contributed by atoms with Crippen LogP contribution in [0.1, 0.15) is 20.9 Å². The highest BCUT2D eigenvalue weighted by molar-refractivity contribution is 7.14. The maximum atomic E-state index is 9.64. The second kappa shape index (κ2) is 11.1. The molecule has 0 N–H and O–H groups in total. The van der Waals surface area contributed by atoms with Crippen LogP contribution < -0.4 is 4.90 Å². The second-order valence-electron chi connectivity index (χ2n) is 7.26. The van der Waals surface area contributed by atoms with Gasteiger partial charge >= 0.3 is 5.82 Å². The van der Waals surface area contributed by atoms with Crippen molar-refractivity contribution < 1.29 is 0 Å². The van der Waals surface area contributed by atoms with Gasteiger partial charge in [0.2, 0.25) is 0 Å². The molecule has 0 aliphatic carbocycles. The molecule has 0 fully saturated rings. The monoisotopic (exact) mass is 457 g/mol. The number of hydrogen-bond acceptors (Lipinski definition) is 3. The van der Waals surface area contributed by atoms with Gasteiger partial charge in [-0.1, -0.05) is 48.5 Å². The highest BCUT2D eigenvalue weighted by Gasteiger charge is 2.26. The molecule has 0 aliphatic rings. The minimum atomic E-state index is -0.174. The summed E-state index contributed by atoms with van der Waals surface area (Å²) in [6, 6.07) is 22.8. The zero-order chi connectivity index (χ0) is 24.5. The van der Waals surface area contributed by atoms with Gasteiger partial charge in [0.15, 0.2) is 0 Å². The van der Waals surface area contributed by atoms with Gasteiger partial charge in [0.05, 0.1) is 18.2 Å². The first-order valence-electron chi connectivity index (χ1n) is 10.1. The van der Waals surface area contributed by atoms with Gasteiger partial charge in [-0.2, -0.15) is 9.69 Å². The van der Waals surface area contributed by atoms with Crippen LogP contribution in [0.25, 0.3) is 37.8 Å². The molecule has 0 spiro atoms. The Labute approximate surface area is 203 Å². The van der Waals surface area contributed by atoms with Crippen LogP contribution in [0.4, 0.5) is 5.69 Å². The minimum Gasteiger partial charge on any atom is -0.378 e. The molecule has 0 aliphatic heterocycles. The first-order chi connectivity index (χ1) is 16.5. The Morgan fingerprint density at radius 2 is 1.53 bits per heavy atom. The Morgan fingerprint density at radius 3 is 2.09 bits per heavy atom. The lowest BCUT2D eigenvalue weighted by Gasteiger charge is -2.11. The second-order valence-corrected chi connectivity index (χ2v) is 8.37. The van der Waals surface area contributed by atoms with E-state index in [-0.39, 0.29) is 11.5 Å². The van der Waals surface area contributed by atoms with E-state index in [1.54, 1.807) is 24.3 Å². The molecule has 0 bridgehead atoms. The summed E-state index contributed by atoms with van der Waals surface area (Å²) in [5, 5.41) is 9.64. The molecule has 2 aromatic carbocycles. The van der Waals surface area contributed by atoms with Crippen molar-refractivity contribution in [1.82, 2.24) is 0 Å². The summed E-state index contributed by atoms with van der Waals surface area (Å²) >= 11 is 1.40. The number of thiophene rings is 1. The molecule has 3 aromatic rings. The van der Waals surface area contributed by atoms with Crippen molar-refractivity contribution in [2.24, 2.45) is 0 Å². The number of rotatable bonds is 6. The van der Waals surface area contributed by atoms with Gasteiger partial charge in [-0.25, -0.2) is 10.1 Å². The molecule has 162 valence electrons. The van der Waals surface area contributed by atoms with Crippen LogP contribution in [-0.4, -0.2) is 14.1 Å². The van der Waals surface area contributed by atoms with Gasteiger partial charge in [-0.05, 0) is 41.5 Å². The van der Waals surface area contributed by atoms with Gasteiger partial charge in [0, 0.05) is 35.1 Å². The highest BCUT2D eigenvalue weighted by Crippen LogP contribution is 2.40. The SMILES string of the molecule is [C-]#[N+]C([N+]#[C-])=C(/C(=C(/C#N)[N+]#[C-])c1ccccc1)c1ccc(/C=C/c2ccc(N(C)C)cc2)s1. The molecule has 0 saturated carbocycles. The number of hydrogen-bond donors (Lipinski definition) is 0. The van der Waals surface area contributed by atoms with Crippen LogP contribution in [0.2, 0.25) is 0 Å². The third-order valence-corrected chi connectivity index (χ3v) is 5.99. The zero-order valence-corrected chi connectivity index (χ0v) is 19.5. The van der Waals surface area contributed by atoms with Gasteiger partial charge in [-0.3, -0.25) is 0 Å². The maximum Gasteiger partial charge on any atom is 0.527 e. The Morgan fingerprint density at radius 1 is 0.853 bits per heavy atom. The van der Waals surface area contributed by atoms with Gasteiger partial charge in [-0.15, -0.1) is 11.3 Å². The predicted octanol–water partition coefficient (Wildman–Crippen LogP) is 7.35. The van der Waals surface area contributed by atoms with Crippen LogP contribution >= 0.6 is 11.3 Å². The molecule has 0 amide bonds. The Bertz CT molecular complexity index is 1410. The van der Waals surface area contributed by atoms with E-state index in [2.05, 4.69) is 14.5 Å². The molecule has 1 aromatic heterocycles. The van der Waals surface area contributed by atoms with Crippen LogP contribution in [0.5, 0.6) is 0 Å². The Balaban J connectivity index is 2.09. The van der Waals surface area contributed by atoms with Crippen molar-refractivity contribution in [3.63, 3.8) is 0 Å². The van der Waals surface area contributed by atoms with Crippen molar-refractivity contribution in [1.29, 1.82) is 5.26 Å². The number of allylic oxidation sites excluding steroid dienone is 3. The quantitative estimate of drug-likeness (QED) is 0.221. The Hall–Kier alpha value is -4.88. The summed E-state index contributed by atoms with van der Waals surface area (Å²) in [6.45, 7) is 22.6. The summed E-state index contributed by atoms with van der Waals surface area (Å²) in [5.41, 5.74) is 3.23. The van der Waals surface area contributed by atoms with E-state index in [0.29, 0.717) is 21.6 Å². The van der Waals surface area contributed by atoms with E-state index in [4.69, 9.17) is 19.7 Å². The minimum absolute atomic E-state index is 0.155. The molecule has 0 saturated heterocycles. The first-order valence-corrected chi connectivity index (χ1v) is 11.0. The summed E-state index contributed by atoms with van der Waals surface area (Å²) in [5.74, 6) is -0.174. The molecule has 6 heteroatoms. The van der Waals surface area contributed by atoms with Crippen molar-refractivity contribution in [3.05, 3.63) is 133 Å². The standard InChI is InChI=1S/C28H19N5S/c1-30-24(19-29)26(21-9-7-6-8-10-21)27(28(31-2)32-3)25-18-17-23(34-25)16-13-20-11-14-22(15-12-20)33(4)5/h6-18H,4-5H3/b16-13+,26-24-. The first kappa shape index (κ1) is 23.8. The van der Waals surface area contributed by atoms with E-state index in [1.165, 1.54) is 11.3 Å². The predicted molar refractivity (Wildman–Crippen MR) is 140 cm³/mol.